The lowest BCUT2D eigenvalue weighted by molar-refractivity contribution is -0.384. The van der Waals surface area contributed by atoms with Crippen LogP contribution in [0.15, 0.2) is 48.5 Å². The SMILES string of the molecule is CC(=O)NC(CC(=O)NC(C)c1cccc([N+](=O)[O-])c1)c1ccc(Cl)cc1. The van der Waals surface area contributed by atoms with E-state index in [9.17, 15) is 19.7 Å². The molecule has 0 heterocycles. The summed E-state index contributed by atoms with van der Waals surface area (Å²) in [5.74, 6) is -0.544. The van der Waals surface area contributed by atoms with Crippen molar-refractivity contribution in [3.63, 3.8) is 0 Å². The van der Waals surface area contributed by atoms with Gasteiger partial charge < -0.3 is 10.6 Å². The van der Waals surface area contributed by atoms with E-state index in [0.29, 0.717) is 10.6 Å². The predicted molar refractivity (Wildman–Crippen MR) is 102 cm³/mol. The summed E-state index contributed by atoms with van der Waals surface area (Å²) in [5, 5.41) is 17.0. The van der Waals surface area contributed by atoms with Gasteiger partial charge in [-0.3, -0.25) is 19.7 Å². The van der Waals surface area contributed by atoms with Gasteiger partial charge in [-0.05, 0) is 30.2 Å². The Morgan fingerprint density at radius 3 is 2.37 bits per heavy atom. The molecule has 0 spiro atoms. The second-order valence-electron chi connectivity index (χ2n) is 6.15. The third-order valence-corrected chi connectivity index (χ3v) is 4.25. The van der Waals surface area contributed by atoms with Crippen molar-refractivity contribution in [1.29, 1.82) is 0 Å². The highest BCUT2D eigenvalue weighted by Crippen LogP contribution is 2.22. The summed E-state index contributed by atoms with van der Waals surface area (Å²) in [6.07, 6.45) is 0.0283. The summed E-state index contributed by atoms with van der Waals surface area (Å²) in [7, 11) is 0. The third kappa shape index (κ3) is 6.07. The number of non-ortho nitro benzene ring substituents is 1. The number of halogens is 1. The summed E-state index contributed by atoms with van der Waals surface area (Å²) < 4.78 is 0. The number of nitro benzene ring substituents is 1. The quantitative estimate of drug-likeness (QED) is 0.556. The lowest BCUT2D eigenvalue weighted by Gasteiger charge is -2.20. The zero-order valence-corrected chi connectivity index (χ0v) is 15.7. The Bertz CT molecular complexity index is 839. The zero-order valence-electron chi connectivity index (χ0n) is 14.9. The molecule has 0 aliphatic carbocycles. The lowest BCUT2D eigenvalue weighted by Crippen LogP contribution is -2.33. The van der Waals surface area contributed by atoms with Crippen molar-refractivity contribution in [3.8, 4) is 0 Å². The molecule has 0 saturated heterocycles. The van der Waals surface area contributed by atoms with E-state index in [1.165, 1.54) is 19.1 Å². The van der Waals surface area contributed by atoms with Gasteiger partial charge in [0.2, 0.25) is 11.8 Å². The van der Waals surface area contributed by atoms with Gasteiger partial charge in [0.05, 0.1) is 23.4 Å². The van der Waals surface area contributed by atoms with E-state index in [4.69, 9.17) is 11.6 Å². The molecule has 0 saturated carbocycles. The topological polar surface area (TPSA) is 101 Å². The molecular weight excluding hydrogens is 370 g/mol. The molecular formula is C19H20ClN3O4. The molecule has 0 radical (unpaired) electrons. The number of carbonyl (C=O) groups excluding carboxylic acids is 2. The number of carbonyl (C=O) groups is 2. The Morgan fingerprint density at radius 2 is 1.78 bits per heavy atom. The van der Waals surface area contributed by atoms with Crippen molar-refractivity contribution >= 4 is 29.1 Å². The number of hydrogen-bond acceptors (Lipinski definition) is 4. The summed E-state index contributed by atoms with van der Waals surface area (Å²) in [5.41, 5.74) is 1.35. The summed E-state index contributed by atoms with van der Waals surface area (Å²) in [6, 6.07) is 12.1. The van der Waals surface area contributed by atoms with Crippen LogP contribution in [0.4, 0.5) is 5.69 Å². The molecule has 2 rings (SSSR count). The van der Waals surface area contributed by atoms with Gasteiger partial charge in [0, 0.05) is 24.1 Å². The first-order valence-electron chi connectivity index (χ1n) is 8.32. The minimum Gasteiger partial charge on any atom is -0.350 e. The third-order valence-electron chi connectivity index (χ3n) is 4.00. The van der Waals surface area contributed by atoms with Crippen molar-refractivity contribution < 1.29 is 14.5 Å². The fourth-order valence-electron chi connectivity index (χ4n) is 2.67. The van der Waals surface area contributed by atoms with Gasteiger partial charge in [-0.25, -0.2) is 0 Å². The number of rotatable bonds is 7. The standard InChI is InChI=1S/C19H20ClN3O4/c1-12(15-4-3-5-17(10-15)23(26)27)21-19(25)11-18(22-13(2)24)14-6-8-16(20)9-7-14/h3-10,12,18H,11H2,1-2H3,(H,21,25)(H,22,24). The summed E-state index contributed by atoms with van der Waals surface area (Å²) >= 11 is 5.88. The molecule has 2 N–H and O–H groups in total. The average molecular weight is 390 g/mol. The van der Waals surface area contributed by atoms with Crippen LogP contribution in [-0.4, -0.2) is 16.7 Å². The minimum atomic E-state index is -0.503. The van der Waals surface area contributed by atoms with Crippen molar-refractivity contribution in [3.05, 3.63) is 74.8 Å². The van der Waals surface area contributed by atoms with E-state index in [1.807, 2.05) is 0 Å². The summed E-state index contributed by atoms with van der Waals surface area (Å²) in [6.45, 7) is 3.12. The molecule has 0 bridgehead atoms. The van der Waals surface area contributed by atoms with E-state index in [2.05, 4.69) is 10.6 Å². The molecule has 27 heavy (non-hydrogen) atoms. The number of amides is 2. The van der Waals surface area contributed by atoms with Gasteiger partial charge in [-0.15, -0.1) is 0 Å². The number of benzene rings is 2. The number of hydrogen-bond donors (Lipinski definition) is 2. The van der Waals surface area contributed by atoms with Gasteiger partial charge in [0.25, 0.3) is 5.69 Å². The predicted octanol–water partition coefficient (Wildman–Crippen LogP) is 3.69. The van der Waals surface area contributed by atoms with E-state index < -0.39 is 17.0 Å². The number of nitrogens with zero attached hydrogens (tertiary/aromatic N) is 1. The van der Waals surface area contributed by atoms with E-state index in [0.717, 1.165) is 5.56 Å². The number of nitro groups is 1. The van der Waals surface area contributed by atoms with Crippen LogP contribution in [-0.2, 0) is 9.59 Å². The molecule has 2 aromatic carbocycles. The maximum absolute atomic E-state index is 12.5. The van der Waals surface area contributed by atoms with Crippen LogP contribution in [0.25, 0.3) is 0 Å². The summed E-state index contributed by atoms with van der Waals surface area (Å²) in [4.78, 5) is 34.4. The van der Waals surface area contributed by atoms with Crippen LogP contribution in [0.3, 0.4) is 0 Å². The first-order chi connectivity index (χ1) is 12.8. The van der Waals surface area contributed by atoms with Crippen LogP contribution in [0.5, 0.6) is 0 Å². The highest BCUT2D eigenvalue weighted by atomic mass is 35.5. The van der Waals surface area contributed by atoms with Crippen LogP contribution in [0, 0.1) is 10.1 Å². The normalized spacial score (nSPS) is 12.7. The van der Waals surface area contributed by atoms with Crippen LogP contribution < -0.4 is 10.6 Å². The Hall–Kier alpha value is -2.93. The van der Waals surface area contributed by atoms with Gasteiger partial charge in [-0.1, -0.05) is 35.9 Å². The zero-order chi connectivity index (χ0) is 20.0. The molecule has 0 aliphatic rings. The lowest BCUT2D eigenvalue weighted by atomic mass is 10.0. The molecule has 0 aliphatic heterocycles. The highest BCUT2D eigenvalue weighted by molar-refractivity contribution is 6.30. The first-order valence-corrected chi connectivity index (χ1v) is 8.70. The van der Waals surface area contributed by atoms with Crippen LogP contribution in [0.2, 0.25) is 5.02 Å². The monoisotopic (exact) mass is 389 g/mol. The minimum absolute atomic E-state index is 0.0283. The maximum atomic E-state index is 12.5. The smallest absolute Gasteiger partial charge is 0.269 e. The molecule has 2 amide bonds. The van der Waals surface area contributed by atoms with E-state index in [1.54, 1.807) is 43.3 Å². The number of nitrogens with one attached hydrogen (secondary N) is 2. The van der Waals surface area contributed by atoms with E-state index in [-0.39, 0.29) is 23.9 Å². The second-order valence-corrected chi connectivity index (χ2v) is 6.59. The second kappa shape index (κ2) is 9.14. The fraction of sp³-hybridized carbons (Fsp3) is 0.263. The van der Waals surface area contributed by atoms with Crippen molar-refractivity contribution in [1.82, 2.24) is 10.6 Å². The Balaban J connectivity index is 2.08. The van der Waals surface area contributed by atoms with Crippen molar-refractivity contribution in [2.45, 2.75) is 32.4 Å². The molecule has 8 heteroatoms. The van der Waals surface area contributed by atoms with Crippen LogP contribution >= 0.6 is 11.6 Å². The van der Waals surface area contributed by atoms with Gasteiger partial charge >= 0.3 is 0 Å². The van der Waals surface area contributed by atoms with E-state index >= 15 is 0 Å². The highest BCUT2D eigenvalue weighted by Gasteiger charge is 2.19. The van der Waals surface area contributed by atoms with Crippen LogP contribution in [0.1, 0.15) is 43.5 Å². The Morgan fingerprint density at radius 1 is 1.11 bits per heavy atom. The molecule has 0 fully saturated rings. The largest absolute Gasteiger partial charge is 0.350 e. The molecule has 7 nitrogen and oxygen atoms in total. The molecule has 142 valence electrons. The van der Waals surface area contributed by atoms with Crippen molar-refractivity contribution in [2.75, 3.05) is 0 Å². The molecule has 2 unspecified atom stereocenters. The average Bonchev–Trinajstić information content (AvgIpc) is 2.61. The maximum Gasteiger partial charge on any atom is 0.269 e. The first kappa shape index (κ1) is 20.4. The van der Waals surface area contributed by atoms with Gasteiger partial charge in [0.15, 0.2) is 0 Å². The van der Waals surface area contributed by atoms with Gasteiger partial charge in [0.1, 0.15) is 0 Å². The Kier molecular flexibility index (Phi) is 6.90. The van der Waals surface area contributed by atoms with Crippen molar-refractivity contribution in [2.24, 2.45) is 0 Å². The molecule has 2 atom stereocenters. The fourth-order valence-corrected chi connectivity index (χ4v) is 2.80. The molecule has 0 aromatic heterocycles. The van der Waals surface area contributed by atoms with Gasteiger partial charge in [-0.2, -0.15) is 0 Å². The Labute approximate surface area is 161 Å². The molecule has 2 aromatic rings.